The van der Waals surface area contributed by atoms with Gasteiger partial charge in [-0.15, -0.1) is 0 Å². The summed E-state index contributed by atoms with van der Waals surface area (Å²) >= 11 is 0. The van der Waals surface area contributed by atoms with Gasteiger partial charge in [-0.05, 0) is 86.3 Å². The number of carbonyl (C=O) groups is 2. The van der Waals surface area contributed by atoms with Crippen LogP contribution in [0.25, 0.3) is 0 Å². The predicted molar refractivity (Wildman–Crippen MR) is 271 cm³/mol. The monoisotopic (exact) mass is 972 g/mol. The third-order valence-electron chi connectivity index (χ3n) is 10.9. The van der Waals surface area contributed by atoms with Gasteiger partial charge in [0.15, 0.2) is 11.5 Å². The summed E-state index contributed by atoms with van der Waals surface area (Å²) in [5.74, 6) is -1.16. The number of hydrogen-bond donors (Lipinski definition) is 3. The first-order chi connectivity index (χ1) is 32.6. The second-order valence-corrected chi connectivity index (χ2v) is 19.6. The van der Waals surface area contributed by atoms with Crippen molar-refractivity contribution in [2.75, 3.05) is 53.8 Å². The molecule has 0 amide bonds. The molecule has 3 N–H and O–H groups in total. The summed E-state index contributed by atoms with van der Waals surface area (Å²) in [4.78, 5) is 27.8. The van der Waals surface area contributed by atoms with Crippen LogP contribution in [0.2, 0.25) is 0 Å². The molecule has 16 heteroatoms. The Morgan fingerprint density at radius 2 is 0.868 bits per heavy atom. The molecule has 0 aliphatic rings. The Balaban J connectivity index is 0.000000297. The van der Waals surface area contributed by atoms with Crippen molar-refractivity contribution in [1.82, 2.24) is 4.31 Å². The second-order valence-electron chi connectivity index (χ2n) is 16.0. The van der Waals surface area contributed by atoms with Gasteiger partial charge < -0.3 is 29.5 Å². The lowest BCUT2D eigenvalue weighted by atomic mass is 10.1. The molecular formula is C52H68N4O10S2. The molecule has 0 fully saturated rings. The number of hydrogen-bond acceptors (Lipinski definition) is 10. The lowest BCUT2D eigenvalue weighted by Gasteiger charge is -2.29. The van der Waals surface area contributed by atoms with E-state index in [9.17, 15) is 36.6 Å². The molecule has 5 rings (SSSR count). The third kappa shape index (κ3) is 15.2. The molecule has 0 saturated heterocycles. The maximum Gasteiger partial charge on any atom is 0.335 e. The first-order valence-electron chi connectivity index (χ1n) is 23.5. The van der Waals surface area contributed by atoms with Crippen LogP contribution in [0.15, 0.2) is 125 Å². The van der Waals surface area contributed by atoms with E-state index in [2.05, 4.69) is 37.3 Å². The average Bonchev–Trinajstić information content (AvgIpc) is 3.33. The fourth-order valence-electron chi connectivity index (χ4n) is 7.22. The maximum atomic E-state index is 13.6. The number of ether oxygens (including phenoxy) is 2. The molecule has 0 aliphatic carbocycles. The fourth-order valence-corrected chi connectivity index (χ4v) is 10.1. The van der Waals surface area contributed by atoms with Crippen molar-refractivity contribution in [2.45, 2.75) is 103 Å². The van der Waals surface area contributed by atoms with Gasteiger partial charge in [-0.2, -0.15) is 4.31 Å². The third-order valence-corrected chi connectivity index (χ3v) is 14.4. The predicted octanol–water partition coefficient (Wildman–Crippen LogP) is 12.0. The molecular weight excluding hydrogens is 905 g/mol. The van der Waals surface area contributed by atoms with Crippen LogP contribution in [0.3, 0.4) is 0 Å². The summed E-state index contributed by atoms with van der Waals surface area (Å²) < 4.78 is 70.7. The quantitative estimate of drug-likeness (QED) is 0.0453. The lowest BCUT2D eigenvalue weighted by Crippen LogP contribution is -2.32. The van der Waals surface area contributed by atoms with E-state index in [4.69, 9.17) is 9.47 Å². The summed E-state index contributed by atoms with van der Waals surface area (Å²) in [5.41, 5.74) is 1.12. The minimum absolute atomic E-state index is 0.0749. The molecule has 368 valence electrons. The summed E-state index contributed by atoms with van der Waals surface area (Å²) in [6, 6.07) is 31.8. The Labute approximate surface area is 403 Å². The van der Waals surface area contributed by atoms with Crippen LogP contribution in [0.5, 0.6) is 23.0 Å². The molecule has 68 heavy (non-hydrogen) atoms. The number of rotatable bonds is 27. The highest BCUT2D eigenvalue weighted by Crippen LogP contribution is 2.43. The highest BCUT2D eigenvalue weighted by molar-refractivity contribution is 7.92. The number of nitrogens with zero attached hydrogens (tertiary/aromatic N) is 3. The molecule has 0 heterocycles. The number of aromatic carboxylic acids is 2. The SMILES string of the molecule is CCCCN(CCCC)c1cc(C(=O)O)cc(S(=O)(=O)N(CC)CC)c1Oc1ccccc1.CCCCN(CCCC)c1cc(C(=O)O)cc(S(=O)(=O)Nc2ccccc2)c1Oc1ccccc1. The van der Waals surface area contributed by atoms with Crippen LogP contribution in [0.4, 0.5) is 17.1 Å². The van der Waals surface area contributed by atoms with Crippen molar-refractivity contribution in [3.8, 4) is 23.0 Å². The smallest absolute Gasteiger partial charge is 0.335 e. The number of carboxylic acid groups (broad SMARTS) is 2. The summed E-state index contributed by atoms with van der Waals surface area (Å²) in [6.45, 7) is 15.0. The van der Waals surface area contributed by atoms with Gasteiger partial charge >= 0.3 is 11.9 Å². The van der Waals surface area contributed by atoms with Crippen molar-refractivity contribution < 1.29 is 46.1 Å². The van der Waals surface area contributed by atoms with Gasteiger partial charge in [0, 0.05) is 45.0 Å². The number of para-hydroxylation sites is 3. The second kappa shape index (κ2) is 27.0. The molecule has 0 bridgehead atoms. The van der Waals surface area contributed by atoms with E-state index in [1.165, 1.54) is 22.5 Å². The summed E-state index contributed by atoms with van der Waals surface area (Å²) in [7, 11) is -8.17. The van der Waals surface area contributed by atoms with E-state index in [1.807, 2.05) is 29.2 Å². The Hall–Kier alpha value is -6.10. The van der Waals surface area contributed by atoms with Gasteiger partial charge in [0.1, 0.15) is 21.3 Å². The number of carboxylic acids is 2. The largest absolute Gasteiger partial charge is 0.478 e. The number of unbranched alkanes of at least 4 members (excludes halogenated alkanes) is 4. The van der Waals surface area contributed by atoms with Gasteiger partial charge in [-0.3, -0.25) is 4.72 Å². The van der Waals surface area contributed by atoms with Crippen molar-refractivity contribution in [3.63, 3.8) is 0 Å². The molecule has 0 unspecified atom stereocenters. The van der Waals surface area contributed by atoms with Crippen molar-refractivity contribution in [1.29, 1.82) is 0 Å². The van der Waals surface area contributed by atoms with Crippen LogP contribution in [0.1, 0.15) is 114 Å². The molecule has 0 saturated carbocycles. The van der Waals surface area contributed by atoms with Gasteiger partial charge in [0.05, 0.1) is 22.5 Å². The normalized spacial score (nSPS) is 11.3. The Kier molecular flexibility index (Phi) is 21.7. The first kappa shape index (κ1) is 54.5. The van der Waals surface area contributed by atoms with E-state index < -0.39 is 32.0 Å². The lowest BCUT2D eigenvalue weighted by molar-refractivity contribution is 0.0685. The van der Waals surface area contributed by atoms with Crippen molar-refractivity contribution >= 4 is 49.0 Å². The van der Waals surface area contributed by atoms with Gasteiger partial charge in [-0.25, -0.2) is 26.4 Å². The van der Waals surface area contributed by atoms with Gasteiger partial charge in [-0.1, -0.05) is 122 Å². The molecule has 14 nitrogen and oxygen atoms in total. The van der Waals surface area contributed by atoms with Crippen molar-refractivity contribution in [3.05, 3.63) is 126 Å². The zero-order valence-electron chi connectivity index (χ0n) is 40.2. The van der Waals surface area contributed by atoms with E-state index in [-0.39, 0.29) is 45.5 Å². The molecule has 5 aromatic carbocycles. The number of anilines is 3. The minimum Gasteiger partial charge on any atom is -0.478 e. The van der Waals surface area contributed by atoms with E-state index in [0.717, 1.165) is 57.4 Å². The van der Waals surface area contributed by atoms with Crippen LogP contribution < -0.4 is 24.0 Å². The highest BCUT2D eigenvalue weighted by Gasteiger charge is 2.32. The van der Waals surface area contributed by atoms with Gasteiger partial charge in [0.2, 0.25) is 10.0 Å². The summed E-state index contributed by atoms with van der Waals surface area (Å²) in [6.07, 6.45) is 7.33. The Morgan fingerprint density at radius 1 is 0.515 bits per heavy atom. The topological polar surface area (TPSA) is 183 Å². The average molecular weight is 973 g/mol. The minimum atomic E-state index is -4.18. The number of sulfonamides is 2. The zero-order chi connectivity index (χ0) is 49.7. The number of nitrogens with one attached hydrogen (secondary N) is 1. The molecule has 5 aromatic rings. The molecule has 0 spiro atoms. The molecule has 0 aliphatic heterocycles. The fraction of sp³-hybridized carbons (Fsp3) is 0.385. The standard InChI is InChI=1S/C27H32N2O5S.C25H36N2O5S/c1-3-5-17-29(18-6-4-2)24-19-21(27(30)31)20-25(26(24)34-23-15-11-8-12-16-23)35(32,33)28-22-13-9-7-10-14-22;1-5-9-16-26(17-10-6-2)22-18-20(25(28)29)19-23(33(30,31)27(7-3)8-4)24(22)32-21-14-12-11-13-15-21/h7-16,19-20,28H,3-6,17-18H2,1-2H3,(H,30,31);11-15,18-19H,5-10,16-17H2,1-4H3,(H,28,29). The molecule has 0 aromatic heterocycles. The van der Waals surface area contributed by atoms with Crippen LogP contribution in [-0.4, -0.2) is 82.6 Å². The highest BCUT2D eigenvalue weighted by atomic mass is 32.2. The van der Waals surface area contributed by atoms with E-state index in [0.29, 0.717) is 54.7 Å². The summed E-state index contributed by atoms with van der Waals surface area (Å²) in [5, 5.41) is 19.6. The molecule has 0 radical (unpaired) electrons. The maximum absolute atomic E-state index is 13.6. The Morgan fingerprint density at radius 3 is 1.22 bits per heavy atom. The van der Waals surface area contributed by atoms with E-state index >= 15 is 0 Å². The van der Waals surface area contributed by atoms with E-state index in [1.54, 1.807) is 80.6 Å². The first-order valence-corrected chi connectivity index (χ1v) is 26.4. The van der Waals surface area contributed by atoms with Crippen LogP contribution in [0, 0.1) is 0 Å². The van der Waals surface area contributed by atoms with Crippen LogP contribution >= 0.6 is 0 Å². The number of benzene rings is 5. The molecule has 0 atom stereocenters. The van der Waals surface area contributed by atoms with Gasteiger partial charge in [0.25, 0.3) is 10.0 Å². The van der Waals surface area contributed by atoms with Crippen LogP contribution in [-0.2, 0) is 20.0 Å². The van der Waals surface area contributed by atoms with Crippen molar-refractivity contribution in [2.24, 2.45) is 0 Å². The zero-order valence-corrected chi connectivity index (χ0v) is 41.8. The Bertz CT molecular complexity index is 2560.